The van der Waals surface area contributed by atoms with E-state index in [0.29, 0.717) is 11.6 Å². The van der Waals surface area contributed by atoms with E-state index >= 15 is 0 Å². The van der Waals surface area contributed by atoms with E-state index in [9.17, 15) is 4.79 Å². The third-order valence-electron chi connectivity index (χ3n) is 4.31. The molecular weight excluding hydrogens is 254 g/mol. The van der Waals surface area contributed by atoms with E-state index in [4.69, 9.17) is 5.11 Å². The number of aromatic nitrogens is 2. The van der Waals surface area contributed by atoms with Crippen LogP contribution in [-0.2, 0) is 6.42 Å². The van der Waals surface area contributed by atoms with Crippen molar-refractivity contribution in [1.82, 2.24) is 15.1 Å². The van der Waals surface area contributed by atoms with Gasteiger partial charge in [-0.1, -0.05) is 13.3 Å². The number of aryl methyl sites for hydroxylation is 1. The van der Waals surface area contributed by atoms with Crippen LogP contribution in [0.1, 0.15) is 55.2 Å². The van der Waals surface area contributed by atoms with E-state index in [0.717, 1.165) is 44.2 Å². The Hall–Kier alpha value is -1.36. The van der Waals surface area contributed by atoms with Gasteiger partial charge in [-0.25, -0.2) is 0 Å². The van der Waals surface area contributed by atoms with Crippen LogP contribution in [0.3, 0.4) is 0 Å². The van der Waals surface area contributed by atoms with E-state index in [1.807, 2.05) is 18.0 Å². The molecule has 0 saturated heterocycles. The van der Waals surface area contributed by atoms with Gasteiger partial charge in [0.25, 0.3) is 5.91 Å². The fraction of sp³-hybridized carbons (Fsp3) is 0.733. The quantitative estimate of drug-likeness (QED) is 0.866. The second kappa shape index (κ2) is 6.88. The standard InChI is InChI=1S/C15H25N3O2/c1-3-4-12-9-14(17-16-12)15(20)18(2)13-7-5-11(10-19)6-8-13/h9,11,13,19H,3-8,10H2,1-2H3,(H,16,17). The molecule has 0 aromatic carbocycles. The van der Waals surface area contributed by atoms with E-state index in [2.05, 4.69) is 17.1 Å². The molecule has 1 saturated carbocycles. The second-order valence-electron chi connectivity index (χ2n) is 5.80. The van der Waals surface area contributed by atoms with Crippen molar-refractivity contribution >= 4 is 5.91 Å². The number of aliphatic hydroxyl groups excluding tert-OH is 1. The molecule has 0 spiro atoms. The first-order chi connectivity index (χ1) is 9.65. The van der Waals surface area contributed by atoms with Gasteiger partial charge in [-0.3, -0.25) is 9.89 Å². The van der Waals surface area contributed by atoms with Crippen LogP contribution in [0.25, 0.3) is 0 Å². The Morgan fingerprint density at radius 2 is 2.15 bits per heavy atom. The molecule has 20 heavy (non-hydrogen) atoms. The molecule has 0 unspecified atom stereocenters. The number of aliphatic hydroxyl groups is 1. The van der Waals surface area contributed by atoms with Gasteiger partial charge in [-0.05, 0) is 44.1 Å². The highest BCUT2D eigenvalue weighted by atomic mass is 16.3. The zero-order chi connectivity index (χ0) is 14.5. The Balaban J connectivity index is 1.94. The first kappa shape index (κ1) is 15.0. The van der Waals surface area contributed by atoms with Crippen LogP contribution in [0, 0.1) is 5.92 Å². The first-order valence-corrected chi connectivity index (χ1v) is 7.58. The third-order valence-corrected chi connectivity index (χ3v) is 4.31. The number of H-pyrrole nitrogens is 1. The Morgan fingerprint density at radius 3 is 2.75 bits per heavy atom. The van der Waals surface area contributed by atoms with E-state index < -0.39 is 0 Å². The minimum Gasteiger partial charge on any atom is -0.396 e. The maximum atomic E-state index is 12.4. The fourth-order valence-electron chi connectivity index (χ4n) is 2.93. The molecule has 2 N–H and O–H groups in total. The molecule has 0 bridgehead atoms. The highest BCUT2D eigenvalue weighted by Gasteiger charge is 2.27. The van der Waals surface area contributed by atoms with Gasteiger partial charge in [-0.2, -0.15) is 5.10 Å². The molecule has 1 fully saturated rings. The number of carbonyl (C=O) groups excluding carboxylic acids is 1. The number of hydrogen-bond donors (Lipinski definition) is 2. The maximum absolute atomic E-state index is 12.4. The number of amides is 1. The van der Waals surface area contributed by atoms with Crippen LogP contribution in [0.2, 0.25) is 0 Å². The van der Waals surface area contributed by atoms with Crippen LogP contribution in [0.4, 0.5) is 0 Å². The van der Waals surface area contributed by atoms with Crippen LogP contribution < -0.4 is 0 Å². The fourth-order valence-corrected chi connectivity index (χ4v) is 2.93. The zero-order valence-corrected chi connectivity index (χ0v) is 12.4. The lowest BCUT2D eigenvalue weighted by Gasteiger charge is -2.33. The molecule has 2 rings (SSSR count). The average molecular weight is 279 g/mol. The summed E-state index contributed by atoms with van der Waals surface area (Å²) < 4.78 is 0. The number of nitrogens with zero attached hydrogens (tertiary/aromatic N) is 2. The largest absolute Gasteiger partial charge is 0.396 e. The number of rotatable bonds is 5. The lowest BCUT2D eigenvalue weighted by molar-refractivity contribution is 0.0647. The van der Waals surface area contributed by atoms with Gasteiger partial charge in [0.1, 0.15) is 5.69 Å². The van der Waals surface area contributed by atoms with Crippen LogP contribution in [0.5, 0.6) is 0 Å². The lowest BCUT2D eigenvalue weighted by Crippen LogP contribution is -2.40. The normalized spacial score (nSPS) is 22.8. The predicted molar refractivity (Wildman–Crippen MR) is 77.5 cm³/mol. The highest BCUT2D eigenvalue weighted by molar-refractivity contribution is 5.92. The van der Waals surface area contributed by atoms with Crippen molar-refractivity contribution in [2.24, 2.45) is 5.92 Å². The SMILES string of the molecule is CCCc1cc(C(=O)N(C)C2CCC(CO)CC2)n[nH]1. The monoisotopic (exact) mass is 279 g/mol. The Bertz CT molecular complexity index is 436. The van der Waals surface area contributed by atoms with Gasteiger partial charge in [-0.15, -0.1) is 0 Å². The molecule has 5 nitrogen and oxygen atoms in total. The highest BCUT2D eigenvalue weighted by Crippen LogP contribution is 2.27. The molecule has 0 atom stereocenters. The van der Waals surface area contributed by atoms with Crippen LogP contribution in [0.15, 0.2) is 6.07 Å². The van der Waals surface area contributed by atoms with Crippen LogP contribution >= 0.6 is 0 Å². The second-order valence-corrected chi connectivity index (χ2v) is 5.80. The van der Waals surface area contributed by atoms with E-state index in [-0.39, 0.29) is 18.6 Å². The molecule has 1 aromatic heterocycles. The summed E-state index contributed by atoms with van der Waals surface area (Å²) in [7, 11) is 1.86. The maximum Gasteiger partial charge on any atom is 0.274 e. The summed E-state index contributed by atoms with van der Waals surface area (Å²) in [6.45, 7) is 2.37. The van der Waals surface area contributed by atoms with Gasteiger partial charge in [0, 0.05) is 25.4 Å². The van der Waals surface area contributed by atoms with Gasteiger partial charge in [0.15, 0.2) is 0 Å². The summed E-state index contributed by atoms with van der Waals surface area (Å²) in [5, 5.41) is 16.2. The van der Waals surface area contributed by atoms with Crippen molar-refractivity contribution in [3.05, 3.63) is 17.5 Å². The molecule has 1 aliphatic rings. The third kappa shape index (κ3) is 3.39. The molecule has 1 heterocycles. The van der Waals surface area contributed by atoms with Crippen molar-refractivity contribution in [3.8, 4) is 0 Å². The smallest absolute Gasteiger partial charge is 0.274 e. The zero-order valence-electron chi connectivity index (χ0n) is 12.4. The predicted octanol–water partition coefficient (Wildman–Crippen LogP) is 1.99. The Morgan fingerprint density at radius 1 is 1.45 bits per heavy atom. The van der Waals surface area contributed by atoms with Crippen molar-refractivity contribution < 1.29 is 9.90 Å². The van der Waals surface area contributed by atoms with Crippen LogP contribution in [-0.4, -0.2) is 45.8 Å². The van der Waals surface area contributed by atoms with Gasteiger partial charge < -0.3 is 10.0 Å². The number of hydrogen-bond acceptors (Lipinski definition) is 3. The minimum atomic E-state index is -0.00366. The van der Waals surface area contributed by atoms with E-state index in [1.165, 1.54) is 0 Å². The van der Waals surface area contributed by atoms with Crippen molar-refractivity contribution in [1.29, 1.82) is 0 Å². The van der Waals surface area contributed by atoms with Gasteiger partial charge in [0.2, 0.25) is 0 Å². The van der Waals surface area contributed by atoms with Crippen molar-refractivity contribution in [3.63, 3.8) is 0 Å². The molecule has 5 heteroatoms. The average Bonchev–Trinajstić information content (AvgIpc) is 2.95. The van der Waals surface area contributed by atoms with Gasteiger partial charge >= 0.3 is 0 Å². The molecule has 1 aromatic rings. The number of aromatic amines is 1. The molecular formula is C15H25N3O2. The summed E-state index contributed by atoms with van der Waals surface area (Å²) >= 11 is 0. The lowest BCUT2D eigenvalue weighted by atomic mass is 9.86. The molecule has 1 aliphatic carbocycles. The molecule has 1 amide bonds. The summed E-state index contributed by atoms with van der Waals surface area (Å²) in [6.07, 6.45) is 5.91. The van der Waals surface area contributed by atoms with Crippen molar-refractivity contribution in [2.45, 2.75) is 51.5 Å². The molecule has 0 radical (unpaired) electrons. The first-order valence-electron chi connectivity index (χ1n) is 7.58. The number of nitrogens with one attached hydrogen (secondary N) is 1. The number of carbonyl (C=O) groups is 1. The Kier molecular flexibility index (Phi) is 5.17. The molecule has 112 valence electrons. The summed E-state index contributed by atoms with van der Waals surface area (Å²) in [4.78, 5) is 14.2. The minimum absolute atomic E-state index is 0.00366. The topological polar surface area (TPSA) is 69.2 Å². The Labute approximate surface area is 120 Å². The van der Waals surface area contributed by atoms with E-state index in [1.54, 1.807) is 0 Å². The van der Waals surface area contributed by atoms with Crippen molar-refractivity contribution in [2.75, 3.05) is 13.7 Å². The molecule has 0 aliphatic heterocycles. The summed E-state index contributed by atoms with van der Waals surface area (Å²) in [5.41, 5.74) is 1.54. The summed E-state index contributed by atoms with van der Waals surface area (Å²) in [5.74, 6) is 0.410. The summed E-state index contributed by atoms with van der Waals surface area (Å²) in [6, 6.07) is 2.14. The van der Waals surface area contributed by atoms with Gasteiger partial charge in [0.05, 0.1) is 0 Å².